The zero-order chi connectivity index (χ0) is 15.8. The molecule has 22 heavy (non-hydrogen) atoms. The van der Waals surface area contributed by atoms with Gasteiger partial charge in [-0.15, -0.1) is 0 Å². The van der Waals surface area contributed by atoms with Crippen molar-refractivity contribution in [3.05, 3.63) is 36.3 Å². The normalized spacial score (nSPS) is 12.1. The fraction of sp³-hybridized carbons (Fsp3) is 0.562. The first kappa shape index (κ1) is 16.3. The number of unbranched alkanes of at least 4 members (excludes halogenated alkanes) is 3. The van der Waals surface area contributed by atoms with Crippen molar-refractivity contribution in [2.24, 2.45) is 5.16 Å². The van der Waals surface area contributed by atoms with Crippen LogP contribution in [0.4, 0.5) is 0 Å². The molecule has 6 nitrogen and oxygen atoms in total. The van der Waals surface area contributed by atoms with Crippen molar-refractivity contribution in [1.82, 2.24) is 14.8 Å². The molecule has 0 radical (unpaired) electrons. The van der Waals surface area contributed by atoms with Gasteiger partial charge in [-0.3, -0.25) is 0 Å². The second kappa shape index (κ2) is 8.36. The molecule has 0 bridgehead atoms. The summed E-state index contributed by atoms with van der Waals surface area (Å²) in [6.07, 6.45) is 10.6. The molecule has 0 amide bonds. The van der Waals surface area contributed by atoms with Gasteiger partial charge in [0, 0.05) is 6.42 Å². The maximum absolute atomic E-state index is 5.63. The molecule has 0 N–H and O–H groups in total. The summed E-state index contributed by atoms with van der Waals surface area (Å²) >= 11 is 0. The Balaban J connectivity index is 2.08. The van der Waals surface area contributed by atoms with Crippen molar-refractivity contribution in [2.75, 3.05) is 0 Å². The van der Waals surface area contributed by atoms with Gasteiger partial charge in [0.2, 0.25) is 5.84 Å². The van der Waals surface area contributed by atoms with E-state index in [1.807, 2.05) is 19.9 Å². The van der Waals surface area contributed by atoms with E-state index in [0.29, 0.717) is 5.84 Å². The molecule has 0 aliphatic carbocycles. The lowest BCUT2D eigenvalue weighted by Gasteiger charge is -2.06. The predicted octanol–water partition coefficient (Wildman–Crippen LogP) is 3.63. The number of furan rings is 1. The highest BCUT2D eigenvalue weighted by Crippen LogP contribution is 2.14. The van der Waals surface area contributed by atoms with Crippen molar-refractivity contribution < 1.29 is 9.25 Å². The van der Waals surface area contributed by atoms with Gasteiger partial charge in [0.05, 0.1) is 5.56 Å². The summed E-state index contributed by atoms with van der Waals surface area (Å²) in [6.45, 7) is 6.06. The van der Waals surface area contributed by atoms with Crippen molar-refractivity contribution >= 4 is 5.84 Å². The second-order valence-corrected chi connectivity index (χ2v) is 5.52. The highest BCUT2D eigenvalue weighted by Gasteiger charge is 2.13. The third-order valence-corrected chi connectivity index (χ3v) is 3.17. The Labute approximate surface area is 131 Å². The van der Waals surface area contributed by atoms with E-state index < -0.39 is 0 Å². The molecule has 0 saturated carbocycles. The van der Waals surface area contributed by atoms with Crippen LogP contribution in [0.3, 0.4) is 0 Å². The maximum atomic E-state index is 5.63. The zero-order valence-corrected chi connectivity index (χ0v) is 13.5. The largest absolute Gasteiger partial charge is 0.469 e. The summed E-state index contributed by atoms with van der Waals surface area (Å²) in [7, 11) is 0. The lowest BCUT2D eigenvalue weighted by atomic mass is 10.1. The van der Waals surface area contributed by atoms with Crippen LogP contribution in [0.1, 0.15) is 57.8 Å². The van der Waals surface area contributed by atoms with E-state index in [4.69, 9.17) is 9.25 Å². The molecule has 120 valence electrons. The number of rotatable bonds is 8. The van der Waals surface area contributed by atoms with Gasteiger partial charge < -0.3 is 9.25 Å². The van der Waals surface area contributed by atoms with E-state index >= 15 is 0 Å². The Morgan fingerprint density at radius 2 is 2.23 bits per heavy atom. The molecule has 2 heterocycles. The zero-order valence-electron chi connectivity index (χ0n) is 13.5. The fourth-order valence-corrected chi connectivity index (χ4v) is 2.05. The highest BCUT2D eigenvalue weighted by atomic mass is 16.6. The van der Waals surface area contributed by atoms with Gasteiger partial charge in [-0.2, -0.15) is 9.78 Å². The number of nitrogens with zero attached hydrogens (tertiary/aromatic N) is 4. The van der Waals surface area contributed by atoms with Crippen LogP contribution >= 0.6 is 0 Å². The van der Waals surface area contributed by atoms with E-state index in [0.717, 1.165) is 24.2 Å². The summed E-state index contributed by atoms with van der Waals surface area (Å²) < 4.78 is 7.21. The van der Waals surface area contributed by atoms with E-state index in [9.17, 15) is 0 Å². The van der Waals surface area contributed by atoms with E-state index in [1.54, 1.807) is 17.3 Å². The Bertz CT molecular complexity index is 573. The number of oxime groups is 1. The van der Waals surface area contributed by atoms with Crippen molar-refractivity contribution in [3.63, 3.8) is 0 Å². The Morgan fingerprint density at radius 3 is 2.91 bits per heavy atom. The minimum Gasteiger partial charge on any atom is -0.469 e. The molecule has 0 aliphatic rings. The van der Waals surface area contributed by atoms with E-state index in [-0.39, 0.29) is 6.10 Å². The Hall–Kier alpha value is -2.11. The van der Waals surface area contributed by atoms with Crippen LogP contribution in [0.2, 0.25) is 0 Å². The van der Waals surface area contributed by atoms with Crippen LogP contribution in [0.5, 0.6) is 0 Å². The Kier molecular flexibility index (Phi) is 6.18. The molecule has 0 aliphatic heterocycles. The van der Waals surface area contributed by atoms with E-state index in [2.05, 4.69) is 22.2 Å². The van der Waals surface area contributed by atoms with Crippen LogP contribution in [-0.2, 0) is 11.3 Å². The summed E-state index contributed by atoms with van der Waals surface area (Å²) in [4.78, 5) is 9.32. The van der Waals surface area contributed by atoms with Crippen LogP contribution in [0.25, 0.3) is 0 Å². The molecule has 0 saturated heterocycles. The standard InChI is InChI=1S/C16H24N4O2/c1-4-5-6-7-8-15-9-14(10-21-15)16(19-22-13(2)3)20-12-17-11-18-20/h9-13H,4-8H2,1-3H3. The topological polar surface area (TPSA) is 65.4 Å². The van der Waals surface area contributed by atoms with Gasteiger partial charge in [0.25, 0.3) is 0 Å². The molecule has 0 fully saturated rings. The van der Waals surface area contributed by atoms with Gasteiger partial charge in [0.15, 0.2) is 0 Å². The number of aromatic nitrogens is 3. The molecule has 0 aromatic carbocycles. The summed E-state index contributed by atoms with van der Waals surface area (Å²) in [5.41, 5.74) is 0.844. The molecular formula is C16H24N4O2. The monoisotopic (exact) mass is 304 g/mol. The number of hydrogen-bond donors (Lipinski definition) is 0. The highest BCUT2D eigenvalue weighted by molar-refractivity contribution is 5.99. The first-order valence-corrected chi connectivity index (χ1v) is 7.87. The number of aryl methyl sites for hydroxylation is 1. The molecule has 0 spiro atoms. The van der Waals surface area contributed by atoms with Gasteiger partial charge in [0.1, 0.15) is 30.8 Å². The number of hydrogen-bond acceptors (Lipinski definition) is 5. The van der Waals surface area contributed by atoms with Crippen molar-refractivity contribution in [3.8, 4) is 0 Å². The van der Waals surface area contributed by atoms with Crippen LogP contribution in [-0.4, -0.2) is 26.7 Å². The summed E-state index contributed by atoms with van der Waals surface area (Å²) in [5, 5.41) is 8.30. The second-order valence-electron chi connectivity index (χ2n) is 5.52. The SMILES string of the molecule is CCCCCCc1cc(C(=NOC(C)C)n2cncn2)co1. The third kappa shape index (κ3) is 4.72. The average Bonchev–Trinajstić information content (AvgIpc) is 3.16. The minimum atomic E-state index is -0.000985. The summed E-state index contributed by atoms with van der Waals surface area (Å²) in [5.74, 6) is 1.54. The van der Waals surface area contributed by atoms with Gasteiger partial charge in [-0.1, -0.05) is 31.3 Å². The van der Waals surface area contributed by atoms with Crippen molar-refractivity contribution in [1.29, 1.82) is 0 Å². The molecule has 2 rings (SSSR count). The van der Waals surface area contributed by atoms with Crippen molar-refractivity contribution in [2.45, 2.75) is 59.0 Å². The summed E-state index contributed by atoms with van der Waals surface area (Å²) in [6, 6.07) is 2.00. The van der Waals surface area contributed by atoms with E-state index in [1.165, 1.54) is 25.6 Å². The molecule has 2 aromatic heterocycles. The fourth-order valence-electron chi connectivity index (χ4n) is 2.05. The third-order valence-electron chi connectivity index (χ3n) is 3.17. The molecule has 2 aromatic rings. The maximum Gasteiger partial charge on any atom is 0.204 e. The molecular weight excluding hydrogens is 280 g/mol. The van der Waals surface area contributed by atoms with Gasteiger partial charge in [-0.05, 0) is 26.3 Å². The average molecular weight is 304 g/mol. The quantitative estimate of drug-likeness (QED) is 0.323. The lowest BCUT2D eigenvalue weighted by Crippen LogP contribution is -2.15. The predicted molar refractivity (Wildman–Crippen MR) is 84.7 cm³/mol. The van der Waals surface area contributed by atoms with Crippen LogP contribution in [0.15, 0.2) is 34.6 Å². The first-order chi connectivity index (χ1) is 10.7. The smallest absolute Gasteiger partial charge is 0.204 e. The molecule has 0 atom stereocenters. The molecule has 6 heteroatoms. The van der Waals surface area contributed by atoms with Gasteiger partial charge in [-0.25, -0.2) is 4.98 Å². The van der Waals surface area contributed by atoms with Crippen LogP contribution in [0, 0.1) is 0 Å². The first-order valence-electron chi connectivity index (χ1n) is 7.87. The molecule has 0 unspecified atom stereocenters. The van der Waals surface area contributed by atoms with Gasteiger partial charge >= 0.3 is 0 Å². The lowest BCUT2D eigenvalue weighted by molar-refractivity contribution is 0.0851. The van der Waals surface area contributed by atoms with Crippen LogP contribution < -0.4 is 0 Å². The minimum absolute atomic E-state index is 0.000985. The Morgan fingerprint density at radius 1 is 1.36 bits per heavy atom.